The Hall–Kier alpha value is -8.02. The van der Waals surface area contributed by atoms with E-state index in [2.05, 4.69) is 53.3 Å². The van der Waals surface area contributed by atoms with Crippen LogP contribution in [-0.4, -0.2) is 67.8 Å². The third-order valence-corrected chi connectivity index (χ3v) is 13.7. The summed E-state index contributed by atoms with van der Waals surface area (Å²) < 4.78 is 37.1. The van der Waals surface area contributed by atoms with Gasteiger partial charge in [-0.3, -0.25) is 0 Å². The Bertz CT molecular complexity index is 3460. The van der Waals surface area contributed by atoms with Gasteiger partial charge < -0.3 is 48.9 Å². The standard InChI is InChI=1S/C25H21N3O3.C18H13BrN2O3.C13H20BNO2/c1-15-18(6-5-7-22(15)26)21-14-28(23-10-8-16(27-2)12-19(21)23)24-11-9-17(30-3)13-20(24)25(29)31-4;1-20-11-4-6-16-13(8-11)15(19)10-21(16)17-7-5-12(23-2)9-14(17)18(22)24-3;1-9-10(7-6-8-11(9)15)14-16-12(2,3)13(4,5)17-14/h5-14H,26H2,1,3-4H3;4-10H,2-3H3;6-8H,15H2,1-5H3. The highest BCUT2D eigenvalue weighted by molar-refractivity contribution is 9.10. The zero-order valence-electron chi connectivity index (χ0n) is 41.7. The Balaban J connectivity index is 0.000000166. The molecule has 0 amide bonds. The lowest BCUT2D eigenvalue weighted by molar-refractivity contribution is 0.00578. The molecule has 0 radical (unpaired) electrons. The van der Waals surface area contributed by atoms with Crippen molar-refractivity contribution in [3.05, 3.63) is 171 Å². The number of nitrogen functional groups attached to an aromatic ring is 2. The summed E-state index contributed by atoms with van der Waals surface area (Å²) in [6.07, 6.45) is 3.83. The number of methoxy groups -OCH3 is 4. The van der Waals surface area contributed by atoms with Crippen molar-refractivity contribution in [1.29, 1.82) is 0 Å². The van der Waals surface area contributed by atoms with E-state index in [-0.39, 0.29) is 18.3 Å². The van der Waals surface area contributed by atoms with Gasteiger partial charge in [0.05, 0.1) is 86.3 Å². The van der Waals surface area contributed by atoms with Crippen LogP contribution in [0.2, 0.25) is 0 Å². The van der Waals surface area contributed by atoms with E-state index >= 15 is 0 Å². The number of hydrogen-bond acceptors (Lipinski definition) is 10. The number of carbonyl (C=O) groups excluding carboxylic acids is 2. The number of halogens is 1. The quantitative estimate of drug-likeness (QED) is 0.0649. The average Bonchev–Trinajstić information content (AvgIpc) is 4.00. The van der Waals surface area contributed by atoms with E-state index in [4.69, 9.17) is 52.9 Å². The Morgan fingerprint density at radius 3 is 1.58 bits per heavy atom. The van der Waals surface area contributed by atoms with Crippen molar-refractivity contribution < 1.29 is 37.8 Å². The van der Waals surface area contributed by atoms with Gasteiger partial charge in [-0.05, 0) is 158 Å². The topological polar surface area (TPSA) is 160 Å². The van der Waals surface area contributed by atoms with Crippen molar-refractivity contribution in [3.63, 3.8) is 0 Å². The second-order valence-corrected chi connectivity index (χ2v) is 18.7. The number of anilines is 2. The molecule has 0 unspecified atom stereocenters. The van der Waals surface area contributed by atoms with Gasteiger partial charge in [-0.1, -0.05) is 36.4 Å². The SMILES string of the molecule is Cc1c(N)cccc1B1OC(C)(C)C(C)(C)O1.[C-]#[N+]c1ccc2c(c1)c(-c1cccc(N)c1C)cn2-c1ccc(OC)cc1C(=O)OC.[C-]#[N+]c1ccc2c(c1)c(Br)cn2-c1ccc(OC)cc1C(=O)OC. The molecule has 1 aliphatic rings. The van der Waals surface area contributed by atoms with Gasteiger partial charge in [0.2, 0.25) is 0 Å². The first-order valence-corrected chi connectivity index (χ1v) is 23.4. The molecule has 4 N–H and O–H groups in total. The predicted molar refractivity (Wildman–Crippen MR) is 288 cm³/mol. The van der Waals surface area contributed by atoms with E-state index in [1.807, 2.05) is 102 Å². The maximum atomic E-state index is 12.5. The van der Waals surface area contributed by atoms with E-state index in [0.29, 0.717) is 51.1 Å². The number of ether oxygens (including phenoxy) is 4. The second-order valence-electron chi connectivity index (χ2n) is 17.8. The fraction of sp³-hybridized carbons (Fsp3) is 0.214. The molecule has 1 fully saturated rings. The fourth-order valence-corrected chi connectivity index (χ4v) is 8.76. The van der Waals surface area contributed by atoms with Crippen LogP contribution in [-0.2, 0) is 18.8 Å². The molecule has 366 valence electrons. The van der Waals surface area contributed by atoms with Crippen LogP contribution in [0.25, 0.3) is 54.0 Å². The lowest BCUT2D eigenvalue weighted by atomic mass is 9.76. The number of nitrogens with two attached hydrogens (primary N) is 2. The van der Waals surface area contributed by atoms with Crippen molar-refractivity contribution in [3.8, 4) is 34.0 Å². The summed E-state index contributed by atoms with van der Waals surface area (Å²) in [7, 11) is 5.46. The van der Waals surface area contributed by atoms with Crippen molar-refractivity contribution in [2.45, 2.75) is 52.7 Å². The van der Waals surface area contributed by atoms with Crippen molar-refractivity contribution >= 4 is 85.0 Å². The van der Waals surface area contributed by atoms with Crippen LogP contribution in [0.15, 0.2) is 126 Å². The van der Waals surface area contributed by atoms with Crippen molar-refractivity contribution in [2.75, 3.05) is 39.9 Å². The molecular weight excluding hydrogens is 975 g/mol. The highest BCUT2D eigenvalue weighted by atomic mass is 79.9. The molecule has 2 aromatic heterocycles. The van der Waals surface area contributed by atoms with Gasteiger partial charge in [0.15, 0.2) is 11.4 Å². The van der Waals surface area contributed by atoms with E-state index in [9.17, 15) is 9.59 Å². The molecular formula is C56H54BBrN6O8. The van der Waals surface area contributed by atoms with Crippen LogP contribution in [0.3, 0.4) is 0 Å². The number of aromatic nitrogens is 2. The lowest BCUT2D eigenvalue weighted by Gasteiger charge is -2.32. The molecule has 3 heterocycles. The number of carbonyl (C=O) groups is 2. The Morgan fingerprint density at radius 2 is 1.08 bits per heavy atom. The maximum absolute atomic E-state index is 12.5. The number of hydrogen-bond donors (Lipinski definition) is 2. The molecule has 0 aliphatic carbocycles. The summed E-state index contributed by atoms with van der Waals surface area (Å²) in [5.74, 6) is 0.225. The Kier molecular flexibility index (Phi) is 15.2. The molecule has 6 aromatic carbocycles. The summed E-state index contributed by atoms with van der Waals surface area (Å²) in [5, 5.41) is 1.80. The van der Waals surface area contributed by atoms with Crippen LogP contribution in [0, 0.1) is 27.0 Å². The summed E-state index contributed by atoms with van der Waals surface area (Å²) in [5.41, 5.74) is 22.8. The van der Waals surface area contributed by atoms with Crippen molar-refractivity contribution in [1.82, 2.24) is 9.13 Å². The molecule has 72 heavy (non-hydrogen) atoms. The smallest absolute Gasteiger partial charge is 0.495 e. The third kappa shape index (κ3) is 10.1. The minimum Gasteiger partial charge on any atom is -0.497 e. The summed E-state index contributed by atoms with van der Waals surface area (Å²) >= 11 is 3.52. The zero-order chi connectivity index (χ0) is 52.2. The van der Waals surface area contributed by atoms with Gasteiger partial charge in [-0.15, -0.1) is 0 Å². The lowest BCUT2D eigenvalue weighted by Crippen LogP contribution is -2.41. The van der Waals surface area contributed by atoms with Crippen molar-refractivity contribution in [2.24, 2.45) is 0 Å². The number of rotatable bonds is 8. The monoisotopic (exact) mass is 1030 g/mol. The van der Waals surface area contributed by atoms with Gasteiger partial charge in [-0.25, -0.2) is 19.3 Å². The average molecular weight is 1030 g/mol. The molecule has 9 rings (SSSR count). The molecule has 1 aliphatic heterocycles. The van der Waals surface area contributed by atoms with E-state index in [1.165, 1.54) is 14.2 Å². The largest absolute Gasteiger partial charge is 0.497 e. The molecule has 14 nitrogen and oxygen atoms in total. The van der Waals surface area contributed by atoms with Crippen LogP contribution in [0.4, 0.5) is 22.7 Å². The summed E-state index contributed by atoms with van der Waals surface area (Å²) in [6, 6.07) is 33.1. The second kappa shape index (κ2) is 21.1. The third-order valence-electron chi connectivity index (χ3n) is 13.1. The van der Waals surface area contributed by atoms with Gasteiger partial charge in [-0.2, -0.15) is 0 Å². The van der Waals surface area contributed by atoms with Crippen LogP contribution in [0.5, 0.6) is 11.5 Å². The highest BCUT2D eigenvalue weighted by Crippen LogP contribution is 2.40. The number of benzene rings is 6. The molecule has 1 saturated heterocycles. The molecule has 16 heteroatoms. The summed E-state index contributed by atoms with van der Waals surface area (Å²) in [6.45, 7) is 26.7. The first-order valence-electron chi connectivity index (χ1n) is 22.6. The van der Waals surface area contributed by atoms with Crippen LogP contribution >= 0.6 is 15.9 Å². The molecule has 8 aromatic rings. The molecule has 0 bridgehead atoms. The number of nitrogens with zero attached hydrogens (tertiary/aromatic N) is 4. The first kappa shape index (κ1) is 51.8. The normalized spacial score (nSPS) is 13.2. The fourth-order valence-electron chi connectivity index (χ4n) is 8.24. The molecule has 0 saturated carbocycles. The first-order chi connectivity index (χ1) is 34.3. The highest BCUT2D eigenvalue weighted by Gasteiger charge is 2.52. The number of fused-ring (bicyclic) bond motifs is 2. The number of esters is 2. The van der Waals surface area contributed by atoms with Gasteiger partial charge in [0.1, 0.15) is 11.5 Å². The maximum Gasteiger partial charge on any atom is 0.495 e. The van der Waals surface area contributed by atoms with Gasteiger partial charge in [0.25, 0.3) is 0 Å². The Labute approximate surface area is 427 Å². The van der Waals surface area contributed by atoms with E-state index < -0.39 is 11.9 Å². The van der Waals surface area contributed by atoms with Crippen LogP contribution < -0.4 is 26.4 Å². The van der Waals surface area contributed by atoms with E-state index in [1.54, 1.807) is 56.7 Å². The van der Waals surface area contributed by atoms with Gasteiger partial charge >= 0.3 is 19.1 Å². The summed E-state index contributed by atoms with van der Waals surface area (Å²) in [4.78, 5) is 31.8. The minimum atomic E-state index is -0.463. The Morgan fingerprint density at radius 1 is 0.611 bits per heavy atom. The predicted octanol–water partition coefficient (Wildman–Crippen LogP) is 12.1. The molecule has 0 atom stereocenters. The molecule has 0 spiro atoms. The van der Waals surface area contributed by atoms with Crippen LogP contribution in [0.1, 0.15) is 59.5 Å². The minimum absolute atomic E-state index is 0.311. The van der Waals surface area contributed by atoms with Gasteiger partial charge in [0, 0.05) is 39.2 Å². The zero-order valence-corrected chi connectivity index (χ0v) is 43.3. The van der Waals surface area contributed by atoms with E-state index in [0.717, 1.165) is 59.7 Å².